The zero-order chi connectivity index (χ0) is 12.3. The maximum absolute atomic E-state index is 9.24. The fourth-order valence-corrected chi connectivity index (χ4v) is 2.32. The number of hydrogen-bond donors (Lipinski definition) is 0. The molecule has 1 aromatic carbocycles. The molecule has 0 bridgehead atoms. The average molecular weight is 228 g/mol. The van der Waals surface area contributed by atoms with Crippen molar-refractivity contribution in [3.05, 3.63) is 29.3 Å². The van der Waals surface area contributed by atoms with Crippen molar-refractivity contribution in [3.8, 4) is 6.07 Å². The number of rotatable bonds is 5. The molecule has 0 heterocycles. The van der Waals surface area contributed by atoms with Crippen molar-refractivity contribution in [2.24, 2.45) is 0 Å². The Morgan fingerprint density at radius 1 is 1.41 bits per heavy atom. The summed E-state index contributed by atoms with van der Waals surface area (Å²) in [5, 5.41) is 9.24. The minimum atomic E-state index is 0.676. The van der Waals surface area contributed by atoms with Crippen LogP contribution in [0, 0.1) is 18.3 Å². The van der Waals surface area contributed by atoms with Crippen molar-refractivity contribution in [2.75, 3.05) is 11.4 Å². The van der Waals surface area contributed by atoms with Gasteiger partial charge in [-0.1, -0.05) is 25.5 Å². The average Bonchev–Trinajstić information content (AvgIpc) is 3.15. The van der Waals surface area contributed by atoms with Crippen molar-refractivity contribution >= 4 is 5.69 Å². The number of nitrogens with zero attached hydrogens (tertiary/aromatic N) is 2. The van der Waals surface area contributed by atoms with Crippen LogP contribution >= 0.6 is 0 Å². The molecule has 0 radical (unpaired) electrons. The largest absolute Gasteiger partial charge is 0.367 e. The molecule has 1 fully saturated rings. The van der Waals surface area contributed by atoms with Crippen LogP contribution in [0.2, 0.25) is 0 Å². The number of unbranched alkanes of at least 4 members (excludes halogenated alkanes) is 1. The normalized spacial score (nSPS) is 14.4. The minimum Gasteiger partial charge on any atom is -0.367 e. The minimum absolute atomic E-state index is 0.676. The van der Waals surface area contributed by atoms with Gasteiger partial charge in [0, 0.05) is 12.6 Å². The van der Waals surface area contributed by atoms with Gasteiger partial charge in [-0.25, -0.2) is 0 Å². The number of hydrogen-bond acceptors (Lipinski definition) is 2. The van der Waals surface area contributed by atoms with Crippen LogP contribution in [0.5, 0.6) is 0 Å². The van der Waals surface area contributed by atoms with E-state index in [9.17, 15) is 5.26 Å². The van der Waals surface area contributed by atoms with E-state index in [0.29, 0.717) is 6.04 Å². The van der Waals surface area contributed by atoms with Crippen molar-refractivity contribution in [3.63, 3.8) is 0 Å². The maximum Gasteiger partial charge on any atom is 0.101 e. The van der Waals surface area contributed by atoms with Gasteiger partial charge in [0.05, 0.1) is 11.3 Å². The van der Waals surface area contributed by atoms with E-state index in [1.807, 2.05) is 12.1 Å². The predicted molar refractivity (Wildman–Crippen MR) is 71.2 cm³/mol. The van der Waals surface area contributed by atoms with Crippen molar-refractivity contribution in [1.82, 2.24) is 0 Å². The summed E-state index contributed by atoms with van der Waals surface area (Å²) >= 11 is 0. The Morgan fingerprint density at radius 2 is 2.18 bits per heavy atom. The molecule has 0 spiro atoms. The highest BCUT2D eigenvalue weighted by Gasteiger charge is 2.30. The highest BCUT2D eigenvalue weighted by atomic mass is 15.2. The van der Waals surface area contributed by atoms with Gasteiger partial charge in [0.15, 0.2) is 0 Å². The second-order valence-corrected chi connectivity index (χ2v) is 4.86. The fraction of sp³-hybridized carbons (Fsp3) is 0.533. The second kappa shape index (κ2) is 5.23. The third-order valence-electron chi connectivity index (χ3n) is 3.39. The molecule has 17 heavy (non-hydrogen) atoms. The van der Waals surface area contributed by atoms with Crippen LogP contribution in [-0.4, -0.2) is 12.6 Å². The monoisotopic (exact) mass is 228 g/mol. The number of benzene rings is 1. The van der Waals surface area contributed by atoms with Crippen molar-refractivity contribution in [1.29, 1.82) is 5.26 Å². The first-order valence-electron chi connectivity index (χ1n) is 6.54. The topological polar surface area (TPSA) is 27.0 Å². The molecule has 0 aromatic heterocycles. The van der Waals surface area contributed by atoms with E-state index in [0.717, 1.165) is 12.1 Å². The lowest BCUT2D eigenvalue weighted by atomic mass is 10.1. The summed E-state index contributed by atoms with van der Waals surface area (Å²) in [5.41, 5.74) is 3.23. The van der Waals surface area contributed by atoms with Gasteiger partial charge in [-0.15, -0.1) is 0 Å². The first-order valence-corrected chi connectivity index (χ1v) is 6.54. The van der Waals surface area contributed by atoms with E-state index in [1.165, 1.54) is 36.9 Å². The molecule has 0 amide bonds. The molecule has 2 rings (SSSR count). The van der Waals surface area contributed by atoms with Gasteiger partial charge < -0.3 is 4.90 Å². The number of nitriles is 1. The summed E-state index contributed by atoms with van der Waals surface area (Å²) < 4.78 is 0. The van der Waals surface area contributed by atoms with Gasteiger partial charge in [-0.05, 0) is 37.8 Å². The van der Waals surface area contributed by atoms with Crippen LogP contribution < -0.4 is 4.90 Å². The second-order valence-electron chi connectivity index (χ2n) is 4.86. The van der Waals surface area contributed by atoms with E-state index in [2.05, 4.69) is 30.9 Å². The van der Waals surface area contributed by atoms with Gasteiger partial charge in [-0.3, -0.25) is 0 Å². The third-order valence-corrected chi connectivity index (χ3v) is 3.39. The molecule has 1 aliphatic carbocycles. The third kappa shape index (κ3) is 2.61. The standard InChI is InChI=1S/C15H20N2/c1-3-4-10-17(14-8-9-14)15-12(2)6-5-7-13(15)11-16/h5-7,14H,3-4,8-10H2,1-2H3. The molecule has 1 aliphatic rings. The Labute approximate surface area is 104 Å². The zero-order valence-electron chi connectivity index (χ0n) is 10.7. The van der Waals surface area contributed by atoms with Gasteiger partial charge in [0.25, 0.3) is 0 Å². The van der Waals surface area contributed by atoms with Crippen molar-refractivity contribution in [2.45, 2.75) is 45.6 Å². The molecule has 1 aromatic rings. The molecule has 0 unspecified atom stereocenters. The van der Waals surface area contributed by atoms with Crippen LogP contribution in [0.25, 0.3) is 0 Å². The molecule has 0 aliphatic heterocycles. The Bertz CT molecular complexity index is 427. The Balaban J connectivity index is 2.31. The lowest BCUT2D eigenvalue weighted by molar-refractivity contribution is 0.710. The highest BCUT2D eigenvalue weighted by Crippen LogP contribution is 2.35. The fourth-order valence-electron chi connectivity index (χ4n) is 2.32. The molecule has 90 valence electrons. The SMILES string of the molecule is CCCCN(c1c(C)cccc1C#N)C1CC1. The molecule has 0 saturated heterocycles. The van der Waals surface area contributed by atoms with Gasteiger partial charge in [0.1, 0.15) is 6.07 Å². The summed E-state index contributed by atoms with van der Waals surface area (Å²) in [4.78, 5) is 2.46. The quantitative estimate of drug-likeness (QED) is 0.769. The summed E-state index contributed by atoms with van der Waals surface area (Å²) in [6, 6.07) is 9.03. The van der Waals surface area contributed by atoms with Crippen LogP contribution in [-0.2, 0) is 0 Å². The molecule has 1 saturated carbocycles. The van der Waals surface area contributed by atoms with E-state index in [1.54, 1.807) is 0 Å². The number of aryl methyl sites for hydroxylation is 1. The first kappa shape index (κ1) is 12.0. The molecular weight excluding hydrogens is 208 g/mol. The molecule has 0 N–H and O–H groups in total. The highest BCUT2D eigenvalue weighted by molar-refractivity contribution is 5.65. The lowest BCUT2D eigenvalue weighted by Crippen LogP contribution is -2.28. The van der Waals surface area contributed by atoms with E-state index < -0.39 is 0 Å². The number of para-hydroxylation sites is 1. The molecule has 2 nitrogen and oxygen atoms in total. The van der Waals surface area contributed by atoms with Gasteiger partial charge >= 0.3 is 0 Å². The zero-order valence-corrected chi connectivity index (χ0v) is 10.7. The summed E-state index contributed by atoms with van der Waals surface area (Å²) in [6.07, 6.45) is 4.97. The number of anilines is 1. The van der Waals surface area contributed by atoms with E-state index in [-0.39, 0.29) is 0 Å². The Morgan fingerprint density at radius 3 is 2.76 bits per heavy atom. The Kier molecular flexibility index (Phi) is 3.68. The molecule has 2 heteroatoms. The van der Waals surface area contributed by atoms with Crippen LogP contribution in [0.15, 0.2) is 18.2 Å². The van der Waals surface area contributed by atoms with Crippen LogP contribution in [0.1, 0.15) is 43.7 Å². The van der Waals surface area contributed by atoms with Gasteiger partial charge in [-0.2, -0.15) is 5.26 Å². The smallest absolute Gasteiger partial charge is 0.101 e. The molecular formula is C15H20N2. The van der Waals surface area contributed by atoms with E-state index >= 15 is 0 Å². The summed E-state index contributed by atoms with van der Waals surface area (Å²) in [6.45, 7) is 5.41. The first-order chi connectivity index (χ1) is 8.27. The summed E-state index contributed by atoms with van der Waals surface area (Å²) in [5.74, 6) is 0. The molecule has 0 atom stereocenters. The summed E-state index contributed by atoms with van der Waals surface area (Å²) in [7, 11) is 0. The van der Waals surface area contributed by atoms with Crippen molar-refractivity contribution < 1.29 is 0 Å². The lowest BCUT2D eigenvalue weighted by Gasteiger charge is -2.27. The van der Waals surface area contributed by atoms with Gasteiger partial charge in [0.2, 0.25) is 0 Å². The maximum atomic E-state index is 9.24. The Hall–Kier alpha value is -1.49. The van der Waals surface area contributed by atoms with E-state index in [4.69, 9.17) is 0 Å². The van der Waals surface area contributed by atoms with Crippen LogP contribution in [0.3, 0.4) is 0 Å². The predicted octanol–water partition coefficient (Wildman–Crippen LogP) is 3.64. The van der Waals surface area contributed by atoms with Crippen LogP contribution in [0.4, 0.5) is 5.69 Å².